The van der Waals surface area contributed by atoms with E-state index in [0.29, 0.717) is 17.7 Å². The molecule has 0 saturated carbocycles. The van der Waals surface area contributed by atoms with E-state index in [-0.39, 0.29) is 11.8 Å². The number of carbonyl (C=O) groups excluding carboxylic acids is 2. The molecule has 3 aromatic carbocycles. The predicted octanol–water partition coefficient (Wildman–Crippen LogP) is 5.90. The van der Waals surface area contributed by atoms with Crippen molar-refractivity contribution in [2.75, 3.05) is 15.5 Å². The van der Waals surface area contributed by atoms with E-state index in [0.717, 1.165) is 35.5 Å². The van der Waals surface area contributed by atoms with Crippen LogP contribution in [0.3, 0.4) is 0 Å². The number of allylic oxidation sites excluding steroid dienone is 1. The summed E-state index contributed by atoms with van der Waals surface area (Å²) in [6.45, 7) is 0. The molecular formula is C26H23N3O2. The lowest BCUT2D eigenvalue weighted by Gasteiger charge is -2.33. The Morgan fingerprint density at radius 2 is 1.55 bits per heavy atom. The van der Waals surface area contributed by atoms with Gasteiger partial charge in [-0.2, -0.15) is 0 Å². The van der Waals surface area contributed by atoms with Crippen LogP contribution in [0.1, 0.15) is 30.9 Å². The molecule has 0 saturated heterocycles. The van der Waals surface area contributed by atoms with Crippen molar-refractivity contribution in [1.82, 2.24) is 0 Å². The number of para-hydroxylation sites is 3. The van der Waals surface area contributed by atoms with Crippen molar-refractivity contribution in [3.05, 3.63) is 102 Å². The van der Waals surface area contributed by atoms with Gasteiger partial charge in [-0.25, -0.2) is 4.79 Å². The highest BCUT2D eigenvalue weighted by Gasteiger charge is 2.39. The zero-order valence-electron chi connectivity index (χ0n) is 17.0. The Balaban J connectivity index is 1.70. The minimum atomic E-state index is -0.510. The number of rotatable bonds is 2. The maximum atomic E-state index is 13.7. The molecule has 5 heteroatoms. The summed E-state index contributed by atoms with van der Waals surface area (Å²) >= 11 is 0. The van der Waals surface area contributed by atoms with Crippen LogP contribution in [0, 0.1) is 0 Å². The molecule has 3 aromatic rings. The lowest BCUT2D eigenvalue weighted by atomic mass is 9.86. The first-order valence-corrected chi connectivity index (χ1v) is 10.5. The van der Waals surface area contributed by atoms with Crippen LogP contribution in [0.25, 0.3) is 0 Å². The smallest absolute Gasteiger partial charge is 0.327 e. The zero-order chi connectivity index (χ0) is 21.2. The molecule has 5 nitrogen and oxygen atoms in total. The number of urea groups is 1. The molecule has 2 aliphatic rings. The molecule has 1 aliphatic carbocycles. The molecule has 2 N–H and O–H groups in total. The van der Waals surface area contributed by atoms with E-state index in [1.165, 1.54) is 0 Å². The number of hydrogen-bond acceptors (Lipinski definition) is 3. The first kappa shape index (κ1) is 19.1. The average molecular weight is 409 g/mol. The molecule has 0 spiro atoms. The van der Waals surface area contributed by atoms with E-state index in [1.54, 1.807) is 4.90 Å². The lowest BCUT2D eigenvalue weighted by molar-refractivity contribution is -0.116. The fourth-order valence-corrected chi connectivity index (χ4v) is 4.41. The van der Waals surface area contributed by atoms with Crippen LogP contribution in [0.5, 0.6) is 0 Å². The van der Waals surface area contributed by atoms with Crippen LogP contribution in [0.2, 0.25) is 0 Å². The second kappa shape index (κ2) is 8.11. The number of hydrogen-bond donors (Lipinski definition) is 2. The summed E-state index contributed by atoms with van der Waals surface area (Å²) in [4.78, 5) is 28.6. The number of nitrogens with one attached hydrogen (secondary N) is 2. The third-order valence-corrected chi connectivity index (χ3v) is 5.80. The number of ketones is 1. The van der Waals surface area contributed by atoms with Crippen LogP contribution in [0.15, 0.2) is 96.2 Å². The summed E-state index contributed by atoms with van der Waals surface area (Å²) < 4.78 is 0. The molecule has 0 bridgehead atoms. The van der Waals surface area contributed by atoms with Gasteiger partial charge in [-0.1, -0.05) is 60.7 Å². The molecular weight excluding hydrogens is 386 g/mol. The maximum absolute atomic E-state index is 13.7. The number of nitrogens with zero attached hydrogens (tertiary/aromatic N) is 1. The zero-order valence-corrected chi connectivity index (χ0v) is 17.0. The van der Waals surface area contributed by atoms with Crippen molar-refractivity contribution >= 4 is 28.9 Å². The summed E-state index contributed by atoms with van der Waals surface area (Å²) in [7, 11) is 0. The minimum absolute atomic E-state index is 0.0907. The molecule has 5 rings (SSSR count). The third-order valence-electron chi connectivity index (χ3n) is 5.80. The number of amides is 2. The molecule has 1 heterocycles. The van der Waals surface area contributed by atoms with Gasteiger partial charge in [-0.15, -0.1) is 0 Å². The van der Waals surface area contributed by atoms with Crippen LogP contribution < -0.4 is 15.5 Å². The molecule has 1 atom stereocenters. The minimum Gasteiger partial charge on any atom is -0.357 e. The van der Waals surface area contributed by atoms with E-state index >= 15 is 0 Å². The fraction of sp³-hybridized carbons (Fsp3) is 0.154. The van der Waals surface area contributed by atoms with E-state index < -0.39 is 6.04 Å². The number of Topliss-reactive ketones (excluding diaryl/α,β-unsaturated/α-hetero) is 1. The Labute approximate surface area is 181 Å². The van der Waals surface area contributed by atoms with Gasteiger partial charge in [0.25, 0.3) is 0 Å². The monoisotopic (exact) mass is 409 g/mol. The third kappa shape index (κ3) is 3.59. The fourth-order valence-electron chi connectivity index (χ4n) is 4.41. The highest BCUT2D eigenvalue weighted by atomic mass is 16.2. The van der Waals surface area contributed by atoms with Gasteiger partial charge in [0.05, 0.1) is 17.4 Å². The van der Waals surface area contributed by atoms with Gasteiger partial charge in [0.2, 0.25) is 0 Å². The van der Waals surface area contributed by atoms with Crippen LogP contribution in [-0.2, 0) is 4.79 Å². The highest BCUT2D eigenvalue weighted by Crippen LogP contribution is 2.44. The Bertz CT molecular complexity index is 1160. The SMILES string of the molecule is O=C1CCCC2=C1[C@H](c1ccccc1)N(C(=O)Nc1ccccc1)c1ccccc1N2. The molecule has 31 heavy (non-hydrogen) atoms. The quantitative estimate of drug-likeness (QED) is 0.554. The van der Waals surface area contributed by atoms with Gasteiger partial charge >= 0.3 is 6.03 Å². The molecule has 2 amide bonds. The van der Waals surface area contributed by atoms with Crippen molar-refractivity contribution in [3.63, 3.8) is 0 Å². The first-order valence-electron chi connectivity index (χ1n) is 10.5. The summed E-state index contributed by atoms with van der Waals surface area (Å²) in [5.41, 5.74) is 4.77. The molecule has 0 radical (unpaired) electrons. The lowest BCUT2D eigenvalue weighted by Crippen LogP contribution is -2.40. The van der Waals surface area contributed by atoms with Gasteiger partial charge in [0, 0.05) is 23.4 Å². The van der Waals surface area contributed by atoms with E-state index in [1.807, 2.05) is 84.9 Å². The van der Waals surface area contributed by atoms with Crippen LogP contribution in [0.4, 0.5) is 21.9 Å². The number of benzene rings is 3. The summed E-state index contributed by atoms with van der Waals surface area (Å²) in [5, 5.41) is 6.49. The highest BCUT2D eigenvalue weighted by molar-refractivity contribution is 6.09. The number of fused-ring (bicyclic) bond motifs is 1. The van der Waals surface area contributed by atoms with Crippen molar-refractivity contribution in [1.29, 1.82) is 0 Å². The molecule has 0 unspecified atom stereocenters. The largest absolute Gasteiger partial charge is 0.357 e. The standard InChI is InChI=1S/C26H23N3O2/c30-23-17-9-15-21-24(23)25(18-10-3-1-4-11-18)29(22-16-8-7-14-20(22)28-21)26(31)27-19-12-5-2-6-13-19/h1-8,10-14,16,25,28H,9,15,17H2,(H,27,31)/t25-/m0/s1. The average Bonchev–Trinajstić information content (AvgIpc) is 2.95. The summed E-state index contributed by atoms with van der Waals surface area (Å²) in [6, 6.07) is 26.1. The van der Waals surface area contributed by atoms with Crippen molar-refractivity contribution in [2.24, 2.45) is 0 Å². The predicted molar refractivity (Wildman–Crippen MR) is 123 cm³/mol. The van der Waals surface area contributed by atoms with E-state index in [4.69, 9.17) is 0 Å². The molecule has 0 aromatic heterocycles. The second-order valence-corrected chi connectivity index (χ2v) is 7.79. The van der Waals surface area contributed by atoms with Gasteiger partial charge in [-0.05, 0) is 42.7 Å². The van der Waals surface area contributed by atoms with Gasteiger partial charge in [0.1, 0.15) is 0 Å². The molecule has 0 fully saturated rings. The first-order chi connectivity index (χ1) is 15.2. The summed E-state index contributed by atoms with van der Waals surface area (Å²) in [6.07, 6.45) is 2.09. The molecule has 1 aliphatic heterocycles. The van der Waals surface area contributed by atoms with Gasteiger partial charge in [0.15, 0.2) is 5.78 Å². The number of carbonyl (C=O) groups is 2. The van der Waals surface area contributed by atoms with E-state index in [2.05, 4.69) is 10.6 Å². The van der Waals surface area contributed by atoms with Gasteiger partial charge in [-0.3, -0.25) is 9.69 Å². The Morgan fingerprint density at radius 3 is 2.32 bits per heavy atom. The van der Waals surface area contributed by atoms with Crippen molar-refractivity contribution in [3.8, 4) is 0 Å². The van der Waals surface area contributed by atoms with Crippen molar-refractivity contribution < 1.29 is 9.59 Å². The Hall–Kier alpha value is -3.86. The van der Waals surface area contributed by atoms with E-state index in [9.17, 15) is 9.59 Å². The van der Waals surface area contributed by atoms with Crippen molar-refractivity contribution in [2.45, 2.75) is 25.3 Å². The Kier molecular flexibility index (Phi) is 5.00. The normalized spacial score (nSPS) is 17.9. The van der Waals surface area contributed by atoms with Gasteiger partial charge < -0.3 is 10.6 Å². The topological polar surface area (TPSA) is 61.4 Å². The second-order valence-electron chi connectivity index (χ2n) is 7.79. The molecule has 154 valence electrons. The Morgan fingerprint density at radius 1 is 0.871 bits per heavy atom. The van der Waals surface area contributed by atoms with Crippen LogP contribution in [-0.4, -0.2) is 11.8 Å². The number of anilines is 3. The van der Waals surface area contributed by atoms with Crippen LogP contribution >= 0.6 is 0 Å². The maximum Gasteiger partial charge on any atom is 0.327 e. The summed E-state index contributed by atoms with van der Waals surface area (Å²) in [5.74, 6) is 0.0907.